The molecule has 2 heterocycles. The number of likely N-dealkylation sites (tertiary alicyclic amines) is 1. The number of aromatic nitrogens is 1. The van der Waals surface area contributed by atoms with E-state index in [1.54, 1.807) is 18.1 Å². The third-order valence-electron chi connectivity index (χ3n) is 4.86. The number of nitrogens with zero attached hydrogens (tertiary/aromatic N) is 2. The monoisotopic (exact) mass is 388 g/mol. The predicted octanol–water partition coefficient (Wildman–Crippen LogP) is 3.14. The Hall–Kier alpha value is -2.38. The molecule has 7 heteroatoms. The number of rotatable bonds is 8. The predicted molar refractivity (Wildman–Crippen MR) is 104 cm³/mol. The average Bonchev–Trinajstić information content (AvgIpc) is 3.18. The molecule has 0 saturated carbocycles. The smallest absolute Gasteiger partial charge is 0.276 e. The number of piperidine rings is 1. The fourth-order valence-electron chi connectivity index (χ4n) is 3.18. The fraction of sp³-hybridized carbons (Fsp3) is 0.524. The molecule has 152 valence electrons. The van der Waals surface area contributed by atoms with Crippen LogP contribution in [0.3, 0.4) is 0 Å². The van der Waals surface area contributed by atoms with Gasteiger partial charge in [0.2, 0.25) is 0 Å². The topological polar surface area (TPSA) is 74.0 Å². The Labute approximate surface area is 165 Å². The summed E-state index contributed by atoms with van der Waals surface area (Å²) in [7, 11) is 1.66. The minimum atomic E-state index is -0.114. The number of hydrogen-bond donors (Lipinski definition) is 0. The van der Waals surface area contributed by atoms with E-state index in [0.717, 1.165) is 29.7 Å². The number of amides is 1. The quantitative estimate of drug-likeness (QED) is 0.647. The van der Waals surface area contributed by atoms with Crippen molar-refractivity contribution in [1.82, 2.24) is 10.1 Å². The molecule has 0 atom stereocenters. The van der Waals surface area contributed by atoms with Gasteiger partial charge in [-0.2, -0.15) is 0 Å². The summed E-state index contributed by atoms with van der Waals surface area (Å²) in [6.07, 6.45) is 1.81. The molecular weight excluding hydrogens is 360 g/mol. The van der Waals surface area contributed by atoms with Gasteiger partial charge in [0, 0.05) is 26.3 Å². The summed E-state index contributed by atoms with van der Waals surface area (Å²) in [5, 5.41) is 3.93. The van der Waals surface area contributed by atoms with Gasteiger partial charge in [0.1, 0.15) is 12.4 Å². The van der Waals surface area contributed by atoms with E-state index in [1.165, 1.54) is 0 Å². The van der Waals surface area contributed by atoms with E-state index in [-0.39, 0.29) is 18.6 Å². The molecule has 0 aliphatic carbocycles. The Balaban J connectivity index is 1.50. The van der Waals surface area contributed by atoms with Crippen LogP contribution in [0.5, 0.6) is 5.75 Å². The second-order valence-corrected chi connectivity index (χ2v) is 7.09. The molecule has 0 N–H and O–H groups in total. The highest BCUT2D eigenvalue weighted by Gasteiger charge is 2.26. The number of ether oxygens (including phenoxy) is 3. The Morgan fingerprint density at radius 1 is 1.21 bits per heavy atom. The largest absolute Gasteiger partial charge is 0.485 e. The minimum Gasteiger partial charge on any atom is -0.485 e. The van der Waals surface area contributed by atoms with Crippen LogP contribution < -0.4 is 4.74 Å². The number of aryl methyl sites for hydroxylation is 2. The molecule has 0 radical (unpaired) electrons. The van der Waals surface area contributed by atoms with Gasteiger partial charge in [-0.1, -0.05) is 17.3 Å². The van der Waals surface area contributed by atoms with E-state index in [1.807, 2.05) is 32.0 Å². The first kappa shape index (κ1) is 20.4. The third-order valence-corrected chi connectivity index (χ3v) is 4.86. The number of carbonyl (C=O) groups excluding carboxylic acids is 1. The van der Waals surface area contributed by atoms with Crippen molar-refractivity contribution in [1.29, 1.82) is 0 Å². The van der Waals surface area contributed by atoms with Gasteiger partial charge < -0.3 is 23.6 Å². The molecular formula is C21H28N2O5. The maximum absolute atomic E-state index is 12.7. The summed E-state index contributed by atoms with van der Waals surface area (Å²) in [4.78, 5) is 14.4. The van der Waals surface area contributed by atoms with E-state index >= 15 is 0 Å². The molecule has 0 bridgehead atoms. The molecule has 28 heavy (non-hydrogen) atoms. The number of hydrogen-bond acceptors (Lipinski definition) is 6. The first-order chi connectivity index (χ1) is 13.6. The van der Waals surface area contributed by atoms with Crippen LogP contribution in [0.15, 0.2) is 28.8 Å². The van der Waals surface area contributed by atoms with Crippen LogP contribution in [0.1, 0.15) is 40.2 Å². The van der Waals surface area contributed by atoms with Gasteiger partial charge in [-0.3, -0.25) is 4.79 Å². The fourth-order valence-corrected chi connectivity index (χ4v) is 3.18. The Bertz CT molecular complexity index is 781. The average molecular weight is 388 g/mol. The molecule has 1 aromatic carbocycles. The van der Waals surface area contributed by atoms with Crippen LogP contribution in [0.25, 0.3) is 0 Å². The van der Waals surface area contributed by atoms with E-state index in [0.29, 0.717) is 37.8 Å². The standard InChI is InChI=1S/C21H28N2O5/c1-15-4-5-16(2)20(12-15)27-14-18-13-19(22-28-18)21(24)23-8-6-17(7-9-23)26-11-10-25-3/h4-5,12-13,17H,6-11,14H2,1-3H3. The number of methoxy groups -OCH3 is 1. The highest BCUT2D eigenvalue weighted by atomic mass is 16.5. The van der Waals surface area contributed by atoms with Crippen molar-refractivity contribution < 1.29 is 23.5 Å². The molecule has 7 nitrogen and oxygen atoms in total. The Morgan fingerprint density at radius 3 is 2.75 bits per heavy atom. The first-order valence-electron chi connectivity index (χ1n) is 9.62. The molecule has 1 amide bonds. The molecule has 1 saturated heterocycles. The van der Waals surface area contributed by atoms with Crippen molar-refractivity contribution in [2.24, 2.45) is 0 Å². The maximum atomic E-state index is 12.7. The molecule has 0 unspecified atom stereocenters. The molecule has 1 fully saturated rings. The summed E-state index contributed by atoms with van der Waals surface area (Å²) >= 11 is 0. The lowest BCUT2D eigenvalue weighted by atomic mass is 10.1. The number of benzene rings is 1. The highest BCUT2D eigenvalue weighted by Crippen LogP contribution is 2.21. The first-order valence-corrected chi connectivity index (χ1v) is 9.62. The summed E-state index contributed by atoms with van der Waals surface area (Å²) in [5.41, 5.74) is 2.50. The van der Waals surface area contributed by atoms with Crippen molar-refractivity contribution in [3.05, 3.63) is 46.8 Å². The summed E-state index contributed by atoms with van der Waals surface area (Å²) in [6.45, 7) is 6.72. The molecule has 1 aliphatic rings. The van der Waals surface area contributed by atoms with Crippen LogP contribution in [0.4, 0.5) is 0 Å². The van der Waals surface area contributed by atoms with Crippen molar-refractivity contribution >= 4 is 5.91 Å². The highest BCUT2D eigenvalue weighted by molar-refractivity contribution is 5.92. The lowest BCUT2D eigenvalue weighted by Gasteiger charge is -2.31. The Kier molecular flexibility index (Phi) is 7.06. The molecule has 2 aromatic rings. The van der Waals surface area contributed by atoms with Crippen molar-refractivity contribution in [2.45, 2.75) is 39.4 Å². The van der Waals surface area contributed by atoms with Crippen LogP contribution in [-0.2, 0) is 16.1 Å². The van der Waals surface area contributed by atoms with E-state index < -0.39 is 0 Å². The van der Waals surface area contributed by atoms with Gasteiger partial charge in [-0.25, -0.2) is 0 Å². The van der Waals surface area contributed by atoms with Crippen LogP contribution in [0, 0.1) is 13.8 Å². The lowest BCUT2D eigenvalue weighted by molar-refractivity contribution is -0.0124. The van der Waals surface area contributed by atoms with E-state index in [4.69, 9.17) is 18.7 Å². The van der Waals surface area contributed by atoms with Gasteiger partial charge in [-0.05, 0) is 43.9 Å². The zero-order valence-electron chi connectivity index (χ0n) is 16.8. The molecule has 1 aliphatic heterocycles. The Morgan fingerprint density at radius 2 is 2.00 bits per heavy atom. The van der Waals surface area contributed by atoms with Crippen LogP contribution >= 0.6 is 0 Å². The second-order valence-electron chi connectivity index (χ2n) is 7.09. The van der Waals surface area contributed by atoms with Crippen molar-refractivity contribution in [3.63, 3.8) is 0 Å². The van der Waals surface area contributed by atoms with Gasteiger partial charge >= 0.3 is 0 Å². The van der Waals surface area contributed by atoms with E-state index in [9.17, 15) is 4.79 Å². The molecule has 1 aromatic heterocycles. The van der Waals surface area contributed by atoms with Gasteiger partial charge in [0.05, 0.1) is 19.3 Å². The van der Waals surface area contributed by atoms with Crippen molar-refractivity contribution in [2.75, 3.05) is 33.4 Å². The molecule has 0 spiro atoms. The van der Waals surface area contributed by atoms with Gasteiger partial charge in [0.25, 0.3) is 5.91 Å². The SMILES string of the molecule is COCCOC1CCN(C(=O)c2cc(COc3cc(C)ccc3C)on2)CC1. The van der Waals surface area contributed by atoms with E-state index in [2.05, 4.69) is 5.16 Å². The number of carbonyl (C=O) groups is 1. The van der Waals surface area contributed by atoms with Crippen LogP contribution in [0.2, 0.25) is 0 Å². The minimum absolute atomic E-state index is 0.114. The maximum Gasteiger partial charge on any atom is 0.276 e. The zero-order chi connectivity index (χ0) is 19.9. The van der Waals surface area contributed by atoms with Crippen LogP contribution in [-0.4, -0.2) is 55.5 Å². The lowest BCUT2D eigenvalue weighted by Crippen LogP contribution is -2.41. The third kappa shape index (κ3) is 5.33. The normalized spacial score (nSPS) is 15.0. The summed E-state index contributed by atoms with van der Waals surface area (Å²) in [6, 6.07) is 7.70. The summed E-state index contributed by atoms with van der Waals surface area (Å²) < 4.78 is 21.8. The second kappa shape index (κ2) is 9.71. The van der Waals surface area contributed by atoms with Gasteiger partial charge in [-0.15, -0.1) is 0 Å². The summed E-state index contributed by atoms with van der Waals surface area (Å²) in [5.74, 6) is 1.22. The van der Waals surface area contributed by atoms with Crippen molar-refractivity contribution in [3.8, 4) is 5.75 Å². The zero-order valence-corrected chi connectivity index (χ0v) is 16.8. The molecule has 3 rings (SSSR count). The van der Waals surface area contributed by atoms with Gasteiger partial charge in [0.15, 0.2) is 11.5 Å².